The third-order valence-corrected chi connectivity index (χ3v) is 4.23. The average molecular weight is 458 g/mol. The van der Waals surface area contributed by atoms with E-state index < -0.39 is 0 Å². The topological polar surface area (TPSA) is 67.0 Å². The second-order valence-electron chi connectivity index (χ2n) is 6.14. The monoisotopic (exact) mass is 458 g/mol. The van der Waals surface area contributed by atoms with Crippen LogP contribution in [0, 0.1) is 5.92 Å². The fraction of sp³-hybridized carbons (Fsp3) is 0.588. The highest BCUT2D eigenvalue weighted by atomic mass is 127. The van der Waals surface area contributed by atoms with Crippen molar-refractivity contribution in [2.75, 3.05) is 39.9 Å². The van der Waals surface area contributed by atoms with Crippen LogP contribution in [-0.4, -0.2) is 65.4 Å². The minimum atomic E-state index is 0. The smallest absolute Gasteiger partial charge is 0.193 e. The molecule has 138 valence electrons. The molecule has 1 aliphatic rings. The van der Waals surface area contributed by atoms with Crippen LogP contribution < -0.4 is 5.32 Å². The first-order chi connectivity index (χ1) is 11.8. The maximum absolute atomic E-state index is 5.46. The first-order valence-corrected chi connectivity index (χ1v) is 8.63. The molecule has 0 spiro atoms. The number of guanidine groups is 1. The lowest BCUT2D eigenvalue weighted by molar-refractivity contribution is 0.181. The highest BCUT2D eigenvalue weighted by molar-refractivity contribution is 14.0. The summed E-state index contributed by atoms with van der Waals surface area (Å²) < 4.78 is 7.48. The molecule has 8 heteroatoms. The Hall–Kier alpha value is -1.42. The zero-order chi connectivity index (χ0) is 16.8. The van der Waals surface area contributed by atoms with E-state index in [1.165, 1.54) is 0 Å². The van der Waals surface area contributed by atoms with E-state index in [0.717, 1.165) is 56.6 Å². The van der Waals surface area contributed by atoms with Crippen molar-refractivity contribution < 1.29 is 4.74 Å². The van der Waals surface area contributed by atoms with Gasteiger partial charge in [-0.1, -0.05) is 6.07 Å². The second-order valence-corrected chi connectivity index (χ2v) is 6.14. The number of halogens is 1. The summed E-state index contributed by atoms with van der Waals surface area (Å²) in [6.07, 6.45) is 3.89. The highest BCUT2D eigenvalue weighted by Crippen LogP contribution is 2.13. The number of rotatable bonds is 6. The molecule has 0 radical (unpaired) electrons. The predicted octanol–water partition coefficient (Wildman–Crippen LogP) is 1.82. The van der Waals surface area contributed by atoms with Crippen LogP contribution in [0.4, 0.5) is 0 Å². The van der Waals surface area contributed by atoms with E-state index in [1.54, 1.807) is 0 Å². The van der Waals surface area contributed by atoms with Crippen LogP contribution in [0.1, 0.15) is 19.2 Å². The van der Waals surface area contributed by atoms with Crippen molar-refractivity contribution in [1.29, 1.82) is 0 Å². The molecular formula is C17H27IN6O. The fourth-order valence-corrected chi connectivity index (χ4v) is 2.99. The minimum Gasteiger partial charge on any atom is -0.381 e. The van der Waals surface area contributed by atoms with Gasteiger partial charge in [-0.3, -0.25) is 9.39 Å². The Morgan fingerprint density at radius 1 is 1.44 bits per heavy atom. The van der Waals surface area contributed by atoms with Gasteiger partial charge < -0.3 is 15.0 Å². The minimum absolute atomic E-state index is 0. The molecule has 0 amide bonds. The number of hydrogen-bond acceptors (Lipinski definition) is 4. The molecule has 0 aromatic carbocycles. The van der Waals surface area contributed by atoms with Gasteiger partial charge in [0.25, 0.3) is 0 Å². The van der Waals surface area contributed by atoms with Gasteiger partial charge in [0.1, 0.15) is 5.82 Å². The second kappa shape index (κ2) is 9.91. The number of aliphatic imine (C=N–C) groups is 1. The number of nitrogens with zero attached hydrogens (tertiary/aromatic N) is 5. The van der Waals surface area contributed by atoms with Crippen molar-refractivity contribution in [1.82, 2.24) is 24.8 Å². The first-order valence-electron chi connectivity index (χ1n) is 8.63. The summed E-state index contributed by atoms with van der Waals surface area (Å²) in [7, 11) is 2.09. The van der Waals surface area contributed by atoms with Gasteiger partial charge in [0.05, 0.1) is 6.61 Å². The summed E-state index contributed by atoms with van der Waals surface area (Å²) in [6, 6.07) is 5.92. The number of nitrogens with one attached hydrogen (secondary N) is 1. The molecule has 2 aromatic heterocycles. The van der Waals surface area contributed by atoms with E-state index in [0.29, 0.717) is 12.5 Å². The van der Waals surface area contributed by atoms with E-state index in [2.05, 4.69) is 34.4 Å². The van der Waals surface area contributed by atoms with E-state index in [4.69, 9.17) is 9.73 Å². The number of ether oxygens (including phenoxy) is 1. The van der Waals surface area contributed by atoms with Gasteiger partial charge in [-0.2, -0.15) is 0 Å². The zero-order valence-corrected chi connectivity index (χ0v) is 17.2. The molecule has 7 nitrogen and oxygen atoms in total. The molecule has 0 bridgehead atoms. The summed E-state index contributed by atoms with van der Waals surface area (Å²) in [5.74, 6) is 2.48. The normalized spacial score (nSPS) is 17.5. The van der Waals surface area contributed by atoms with E-state index in [-0.39, 0.29) is 24.0 Å². The van der Waals surface area contributed by atoms with E-state index in [1.807, 2.05) is 28.8 Å². The molecular weight excluding hydrogens is 431 g/mol. The lowest BCUT2D eigenvalue weighted by Gasteiger charge is -2.24. The summed E-state index contributed by atoms with van der Waals surface area (Å²) in [6.45, 7) is 6.34. The SMILES string of the molecule is CCNC(=NCCc1nnc2ccccn12)N(C)CC1CCOC1.I. The Bertz CT molecular complexity index is 683. The van der Waals surface area contributed by atoms with Crippen LogP contribution >= 0.6 is 24.0 Å². The van der Waals surface area contributed by atoms with Crippen molar-refractivity contribution >= 4 is 35.6 Å². The molecule has 3 heterocycles. The number of pyridine rings is 1. The molecule has 1 unspecified atom stereocenters. The Kier molecular flexibility index (Phi) is 7.89. The lowest BCUT2D eigenvalue weighted by Crippen LogP contribution is -2.41. The van der Waals surface area contributed by atoms with Gasteiger partial charge in [0.2, 0.25) is 0 Å². The van der Waals surface area contributed by atoms with Crippen molar-refractivity contribution in [2.24, 2.45) is 10.9 Å². The van der Waals surface area contributed by atoms with Crippen LogP contribution in [0.2, 0.25) is 0 Å². The Morgan fingerprint density at radius 3 is 3.08 bits per heavy atom. The summed E-state index contributed by atoms with van der Waals surface area (Å²) in [4.78, 5) is 6.95. The molecule has 1 atom stereocenters. The molecule has 3 rings (SSSR count). The lowest BCUT2D eigenvalue weighted by atomic mass is 10.1. The molecule has 0 aliphatic carbocycles. The molecule has 1 saturated heterocycles. The standard InChI is InChI=1S/C17H26N6O.HI/c1-3-18-17(22(2)12-14-8-11-24-13-14)19-9-7-16-21-20-15-6-4-5-10-23(15)16;/h4-6,10,14H,3,7-9,11-13H2,1-2H3,(H,18,19);1H. The molecule has 0 saturated carbocycles. The highest BCUT2D eigenvalue weighted by Gasteiger charge is 2.19. The molecule has 25 heavy (non-hydrogen) atoms. The van der Waals surface area contributed by atoms with Gasteiger partial charge in [0, 0.05) is 51.8 Å². The number of aromatic nitrogens is 3. The Balaban J connectivity index is 0.00000225. The Labute approximate surface area is 165 Å². The molecule has 1 aliphatic heterocycles. The molecule has 2 aromatic rings. The van der Waals surface area contributed by atoms with Crippen LogP contribution in [0.3, 0.4) is 0 Å². The maximum atomic E-state index is 5.46. The third kappa shape index (κ3) is 5.27. The van der Waals surface area contributed by atoms with Gasteiger partial charge in [0.15, 0.2) is 11.6 Å². The van der Waals surface area contributed by atoms with Crippen LogP contribution in [0.15, 0.2) is 29.4 Å². The van der Waals surface area contributed by atoms with Gasteiger partial charge in [-0.15, -0.1) is 34.2 Å². The summed E-state index contributed by atoms with van der Waals surface area (Å²) in [5.41, 5.74) is 0.877. The van der Waals surface area contributed by atoms with E-state index >= 15 is 0 Å². The van der Waals surface area contributed by atoms with Gasteiger partial charge in [-0.25, -0.2) is 0 Å². The van der Waals surface area contributed by atoms with Gasteiger partial charge >= 0.3 is 0 Å². The average Bonchev–Trinajstić information content (AvgIpc) is 3.24. The molecule has 1 fully saturated rings. The van der Waals surface area contributed by atoms with Crippen molar-refractivity contribution in [3.05, 3.63) is 30.2 Å². The number of hydrogen-bond donors (Lipinski definition) is 1. The zero-order valence-electron chi connectivity index (χ0n) is 14.9. The first kappa shape index (κ1) is 19.9. The maximum Gasteiger partial charge on any atom is 0.193 e. The Morgan fingerprint density at radius 2 is 2.32 bits per heavy atom. The fourth-order valence-electron chi connectivity index (χ4n) is 2.99. The van der Waals surface area contributed by atoms with E-state index in [9.17, 15) is 0 Å². The van der Waals surface area contributed by atoms with Crippen LogP contribution in [0.5, 0.6) is 0 Å². The van der Waals surface area contributed by atoms with Crippen molar-refractivity contribution in [2.45, 2.75) is 19.8 Å². The van der Waals surface area contributed by atoms with Crippen LogP contribution in [-0.2, 0) is 11.2 Å². The van der Waals surface area contributed by atoms with Crippen LogP contribution in [0.25, 0.3) is 5.65 Å². The quantitative estimate of drug-likeness (QED) is 0.407. The summed E-state index contributed by atoms with van der Waals surface area (Å²) >= 11 is 0. The van der Waals surface area contributed by atoms with Crippen molar-refractivity contribution in [3.8, 4) is 0 Å². The summed E-state index contributed by atoms with van der Waals surface area (Å²) in [5, 5.41) is 11.8. The van der Waals surface area contributed by atoms with Gasteiger partial charge in [-0.05, 0) is 25.5 Å². The molecule has 1 N–H and O–H groups in total. The number of fused-ring (bicyclic) bond motifs is 1. The van der Waals surface area contributed by atoms with Crippen molar-refractivity contribution in [3.63, 3.8) is 0 Å². The largest absolute Gasteiger partial charge is 0.381 e. The predicted molar refractivity (Wildman–Crippen MR) is 110 cm³/mol. The third-order valence-electron chi connectivity index (χ3n) is 4.23.